The van der Waals surface area contributed by atoms with Crippen LogP contribution in [0, 0.1) is 25.2 Å². The summed E-state index contributed by atoms with van der Waals surface area (Å²) in [4.78, 5) is 23.2. The van der Waals surface area contributed by atoms with E-state index in [4.69, 9.17) is 0 Å². The molecule has 0 aliphatic heterocycles. The molecule has 1 aliphatic rings. The summed E-state index contributed by atoms with van der Waals surface area (Å²) in [5.41, 5.74) is 3.71. The van der Waals surface area contributed by atoms with E-state index >= 15 is 0 Å². The molecule has 0 N–H and O–H groups in total. The third-order valence-corrected chi connectivity index (χ3v) is 5.77. The number of amides is 1. The molecule has 2 aromatic rings. The predicted octanol–water partition coefficient (Wildman–Crippen LogP) is 3.59. The Morgan fingerprint density at radius 2 is 2.12 bits per heavy atom. The monoisotopic (exact) mass is 366 g/mol. The van der Waals surface area contributed by atoms with Gasteiger partial charge in [0.05, 0.1) is 17.5 Å². The standard InChI is InChI=1S/C20H22N4OS/c1-13-17(11-21)20(23-14(2)22-13)26-12-19(25)24(3)18-10-6-8-15-7-4-5-9-16(15)18/h4-5,7,9,18H,6,8,10,12H2,1-3H3. The van der Waals surface area contributed by atoms with Crippen molar-refractivity contribution >= 4 is 17.7 Å². The fourth-order valence-electron chi connectivity index (χ4n) is 3.45. The first-order valence-electron chi connectivity index (χ1n) is 8.73. The molecule has 5 nitrogen and oxygen atoms in total. The van der Waals surface area contributed by atoms with Crippen LogP contribution in [0.5, 0.6) is 0 Å². The zero-order valence-electron chi connectivity index (χ0n) is 15.3. The number of fused-ring (bicyclic) bond motifs is 1. The Kier molecular flexibility index (Phi) is 5.58. The number of nitrogens with zero attached hydrogens (tertiary/aromatic N) is 4. The Bertz CT molecular complexity index is 875. The highest BCUT2D eigenvalue weighted by Gasteiger charge is 2.26. The number of benzene rings is 1. The van der Waals surface area contributed by atoms with E-state index in [2.05, 4.69) is 34.2 Å². The molecule has 3 rings (SSSR count). The van der Waals surface area contributed by atoms with Crippen LogP contribution in [-0.4, -0.2) is 33.6 Å². The summed E-state index contributed by atoms with van der Waals surface area (Å²) in [6.45, 7) is 3.59. The SMILES string of the molecule is Cc1nc(C)c(C#N)c(SCC(=O)N(C)C2CCCc3ccccc32)n1. The normalized spacial score (nSPS) is 15.8. The second-order valence-corrected chi connectivity index (χ2v) is 7.51. The lowest BCUT2D eigenvalue weighted by Gasteiger charge is -2.33. The van der Waals surface area contributed by atoms with Crippen LogP contribution in [0.25, 0.3) is 0 Å². The van der Waals surface area contributed by atoms with Crippen LogP contribution < -0.4 is 0 Å². The summed E-state index contributed by atoms with van der Waals surface area (Å²) in [6.07, 6.45) is 3.16. The number of hydrogen-bond acceptors (Lipinski definition) is 5. The molecule has 134 valence electrons. The van der Waals surface area contributed by atoms with E-state index in [0.717, 1.165) is 19.3 Å². The highest BCUT2D eigenvalue weighted by atomic mass is 32.2. The van der Waals surface area contributed by atoms with Crippen LogP contribution >= 0.6 is 11.8 Å². The molecular formula is C20H22N4OS. The molecule has 26 heavy (non-hydrogen) atoms. The number of carbonyl (C=O) groups excluding carboxylic acids is 1. The maximum atomic E-state index is 12.8. The average Bonchev–Trinajstić information content (AvgIpc) is 2.64. The summed E-state index contributed by atoms with van der Waals surface area (Å²) in [5.74, 6) is 0.931. The molecule has 0 bridgehead atoms. The van der Waals surface area contributed by atoms with Gasteiger partial charge >= 0.3 is 0 Å². The van der Waals surface area contributed by atoms with Crippen molar-refractivity contribution in [3.8, 4) is 6.07 Å². The van der Waals surface area contributed by atoms with Gasteiger partial charge in [-0.15, -0.1) is 0 Å². The van der Waals surface area contributed by atoms with Crippen LogP contribution in [0.3, 0.4) is 0 Å². The van der Waals surface area contributed by atoms with Gasteiger partial charge in [0.15, 0.2) is 0 Å². The first-order valence-corrected chi connectivity index (χ1v) is 9.71. The van der Waals surface area contributed by atoms with Crippen LogP contribution in [-0.2, 0) is 11.2 Å². The fraction of sp³-hybridized carbons (Fsp3) is 0.400. The lowest BCUT2D eigenvalue weighted by molar-refractivity contribution is -0.129. The predicted molar refractivity (Wildman–Crippen MR) is 102 cm³/mol. The number of nitriles is 1. The minimum Gasteiger partial charge on any atom is -0.338 e. The minimum absolute atomic E-state index is 0.0505. The lowest BCUT2D eigenvalue weighted by atomic mass is 9.87. The van der Waals surface area contributed by atoms with Crippen LogP contribution in [0.2, 0.25) is 0 Å². The quantitative estimate of drug-likeness (QED) is 0.611. The van der Waals surface area contributed by atoms with Crippen molar-refractivity contribution in [3.05, 3.63) is 52.5 Å². The lowest BCUT2D eigenvalue weighted by Crippen LogP contribution is -2.34. The second-order valence-electron chi connectivity index (χ2n) is 6.55. The van der Waals surface area contributed by atoms with Gasteiger partial charge in [-0.25, -0.2) is 9.97 Å². The molecule has 0 fully saturated rings. The average molecular weight is 366 g/mol. The molecule has 1 unspecified atom stereocenters. The summed E-state index contributed by atoms with van der Waals surface area (Å²) in [7, 11) is 1.87. The third-order valence-electron chi connectivity index (χ3n) is 4.81. The second kappa shape index (κ2) is 7.88. The summed E-state index contributed by atoms with van der Waals surface area (Å²) >= 11 is 1.32. The smallest absolute Gasteiger partial charge is 0.233 e. The first kappa shape index (κ1) is 18.4. The third kappa shape index (κ3) is 3.73. The van der Waals surface area contributed by atoms with Crippen molar-refractivity contribution in [1.29, 1.82) is 5.26 Å². The molecule has 0 radical (unpaired) electrons. The zero-order valence-corrected chi connectivity index (χ0v) is 16.1. The van der Waals surface area contributed by atoms with Gasteiger partial charge in [0.2, 0.25) is 5.91 Å². The molecule has 1 aromatic heterocycles. The topological polar surface area (TPSA) is 69.9 Å². The Morgan fingerprint density at radius 3 is 2.88 bits per heavy atom. The van der Waals surface area contributed by atoms with E-state index in [-0.39, 0.29) is 17.7 Å². The molecular weight excluding hydrogens is 344 g/mol. The van der Waals surface area contributed by atoms with E-state index in [0.29, 0.717) is 22.1 Å². The molecule has 1 heterocycles. The van der Waals surface area contributed by atoms with Gasteiger partial charge in [0.25, 0.3) is 0 Å². The summed E-state index contributed by atoms with van der Waals surface area (Å²) in [6, 6.07) is 10.6. The van der Waals surface area contributed by atoms with Gasteiger partial charge in [-0.2, -0.15) is 5.26 Å². The molecule has 1 aromatic carbocycles. The van der Waals surface area contributed by atoms with Crippen molar-refractivity contribution in [2.45, 2.75) is 44.2 Å². The largest absolute Gasteiger partial charge is 0.338 e. The maximum Gasteiger partial charge on any atom is 0.233 e. The van der Waals surface area contributed by atoms with Crippen LogP contribution in [0.4, 0.5) is 0 Å². The number of aromatic nitrogens is 2. The van der Waals surface area contributed by atoms with E-state index in [9.17, 15) is 10.1 Å². The molecule has 1 amide bonds. The van der Waals surface area contributed by atoms with Gasteiger partial charge in [-0.05, 0) is 44.2 Å². The minimum atomic E-state index is 0.0505. The van der Waals surface area contributed by atoms with Gasteiger partial charge in [-0.1, -0.05) is 36.0 Å². The van der Waals surface area contributed by atoms with Crippen molar-refractivity contribution in [3.63, 3.8) is 0 Å². The van der Waals surface area contributed by atoms with Gasteiger partial charge in [0, 0.05) is 7.05 Å². The van der Waals surface area contributed by atoms with E-state index in [1.54, 1.807) is 13.8 Å². The molecule has 1 aliphatic carbocycles. The van der Waals surface area contributed by atoms with Gasteiger partial charge in [0.1, 0.15) is 22.5 Å². The molecule has 0 saturated carbocycles. The van der Waals surface area contributed by atoms with Crippen molar-refractivity contribution in [2.75, 3.05) is 12.8 Å². The summed E-state index contributed by atoms with van der Waals surface area (Å²) in [5, 5.41) is 9.93. The number of carbonyl (C=O) groups is 1. The van der Waals surface area contributed by atoms with Crippen LogP contribution in [0.1, 0.15) is 47.1 Å². The zero-order chi connectivity index (χ0) is 18.7. The van der Waals surface area contributed by atoms with Crippen molar-refractivity contribution in [1.82, 2.24) is 14.9 Å². The van der Waals surface area contributed by atoms with Crippen LogP contribution in [0.15, 0.2) is 29.3 Å². The summed E-state index contributed by atoms with van der Waals surface area (Å²) < 4.78 is 0. The molecule has 6 heteroatoms. The Labute approximate surface area is 158 Å². The molecule has 1 atom stereocenters. The van der Waals surface area contributed by atoms with E-state index in [1.807, 2.05) is 18.0 Å². The highest BCUT2D eigenvalue weighted by Crippen LogP contribution is 2.34. The molecule has 0 spiro atoms. The van der Waals surface area contributed by atoms with E-state index in [1.165, 1.54) is 22.9 Å². The van der Waals surface area contributed by atoms with E-state index < -0.39 is 0 Å². The van der Waals surface area contributed by atoms with Gasteiger partial charge in [-0.3, -0.25) is 4.79 Å². The van der Waals surface area contributed by atoms with Gasteiger partial charge < -0.3 is 4.90 Å². The van der Waals surface area contributed by atoms with Crippen molar-refractivity contribution in [2.24, 2.45) is 0 Å². The fourth-order valence-corrected chi connectivity index (χ4v) is 4.45. The number of aryl methyl sites for hydroxylation is 3. The first-order chi connectivity index (χ1) is 12.5. The maximum absolute atomic E-state index is 12.8. The van der Waals surface area contributed by atoms with Crippen molar-refractivity contribution < 1.29 is 4.79 Å². The Morgan fingerprint density at radius 1 is 1.35 bits per heavy atom. The Balaban J connectivity index is 1.73. The number of hydrogen-bond donors (Lipinski definition) is 0. The highest BCUT2D eigenvalue weighted by molar-refractivity contribution is 8.00. The number of thioether (sulfide) groups is 1. The Hall–Kier alpha value is -2.39. The number of rotatable bonds is 4. The molecule has 0 saturated heterocycles.